The quantitative estimate of drug-likeness (QED) is 0.633. The zero-order valence-electron chi connectivity index (χ0n) is 14.5. The van der Waals surface area contributed by atoms with E-state index in [1.807, 2.05) is 0 Å². The van der Waals surface area contributed by atoms with Gasteiger partial charge in [0.05, 0.1) is 11.8 Å². The highest BCUT2D eigenvalue weighted by molar-refractivity contribution is 6.10. The number of pyridine rings is 1. The van der Waals surface area contributed by atoms with Crippen molar-refractivity contribution in [2.75, 3.05) is 5.32 Å². The van der Waals surface area contributed by atoms with E-state index in [4.69, 9.17) is 0 Å². The van der Waals surface area contributed by atoms with Crippen LogP contribution in [-0.4, -0.2) is 38.8 Å². The standard InChI is InChI=1S/C19H21N3O4/c1-2-12(17(24)21-16-13(23)4-3-9-20-16)22-18(25)14-10-5-6-11(8-7-10)15(14)19(22)26/h3-6,9-12,14-15,23H,2,7-8H2,1H3,(H,20,21,24)/t10-,11-,12+,14-,15+/m0/s1. The Morgan fingerprint density at radius 3 is 2.38 bits per heavy atom. The second-order valence-corrected chi connectivity index (χ2v) is 7.17. The Hall–Kier alpha value is -2.70. The Balaban J connectivity index is 1.59. The number of imide groups is 1. The van der Waals surface area contributed by atoms with Gasteiger partial charge in [0.15, 0.2) is 11.6 Å². The Kier molecular flexibility index (Phi) is 4.01. The molecule has 2 fully saturated rings. The van der Waals surface area contributed by atoms with Gasteiger partial charge in [-0.05, 0) is 43.2 Å². The third kappa shape index (κ3) is 2.41. The minimum absolute atomic E-state index is 0.0224. The molecule has 5 rings (SSSR count). The van der Waals surface area contributed by atoms with Gasteiger partial charge in [-0.1, -0.05) is 19.1 Å². The maximum absolute atomic E-state index is 13.0. The molecule has 1 aliphatic heterocycles. The molecule has 4 aliphatic rings. The van der Waals surface area contributed by atoms with Gasteiger partial charge >= 0.3 is 0 Å². The van der Waals surface area contributed by atoms with Crippen molar-refractivity contribution >= 4 is 23.5 Å². The summed E-state index contributed by atoms with van der Waals surface area (Å²) >= 11 is 0. The first-order chi connectivity index (χ1) is 12.5. The van der Waals surface area contributed by atoms with Crippen molar-refractivity contribution in [1.29, 1.82) is 0 Å². The smallest absolute Gasteiger partial charge is 0.248 e. The van der Waals surface area contributed by atoms with Crippen LogP contribution in [0.2, 0.25) is 0 Å². The van der Waals surface area contributed by atoms with Crippen LogP contribution in [-0.2, 0) is 14.4 Å². The Bertz CT molecular complexity index is 774. The number of hydrogen-bond donors (Lipinski definition) is 2. The molecule has 3 amide bonds. The molecule has 2 heterocycles. The summed E-state index contributed by atoms with van der Waals surface area (Å²) in [6.45, 7) is 1.76. The summed E-state index contributed by atoms with van der Waals surface area (Å²) in [5, 5.41) is 12.3. The lowest BCUT2D eigenvalue weighted by Crippen LogP contribution is -2.47. The second-order valence-electron chi connectivity index (χ2n) is 7.17. The molecule has 2 N–H and O–H groups in total. The maximum atomic E-state index is 13.0. The van der Waals surface area contributed by atoms with Gasteiger partial charge in [0.2, 0.25) is 17.7 Å². The molecular weight excluding hydrogens is 334 g/mol. The maximum Gasteiger partial charge on any atom is 0.248 e. The summed E-state index contributed by atoms with van der Waals surface area (Å²) in [7, 11) is 0. The summed E-state index contributed by atoms with van der Waals surface area (Å²) < 4.78 is 0. The Morgan fingerprint density at radius 2 is 1.88 bits per heavy atom. The molecule has 0 aromatic carbocycles. The van der Waals surface area contributed by atoms with Gasteiger partial charge in [-0.25, -0.2) is 4.98 Å². The SMILES string of the molecule is CC[C@H](C(=O)Nc1ncccc1O)N1C(=O)[C@@H]2[C@H](C1=O)[C@H]1C=C[C@H]2CC1. The zero-order chi connectivity index (χ0) is 18.4. The molecule has 1 saturated carbocycles. The van der Waals surface area contributed by atoms with Crippen LogP contribution < -0.4 is 5.32 Å². The normalized spacial score (nSPS) is 30.4. The highest BCUT2D eigenvalue weighted by Crippen LogP contribution is 2.50. The number of rotatable bonds is 4. The highest BCUT2D eigenvalue weighted by atomic mass is 16.3. The summed E-state index contributed by atoms with van der Waals surface area (Å²) in [5.41, 5.74) is 0. The third-order valence-electron chi connectivity index (χ3n) is 5.82. The van der Waals surface area contributed by atoms with Crippen LogP contribution >= 0.6 is 0 Å². The lowest BCUT2D eigenvalue weighted by Gasteiger charge is -2.38. The topological polar surface area (TPSA) is 99.6 Å². The van der Waals surface area contributed by atoms with E-state index in [0.29, 0.717) is 6.42 Å². The first-order valence-corrected chi connectivity index (χ1v) is 9.03. The largest absolute Gasteiger partial charge is 0.504 e. The van der Waals surface area contributed by atoms with Crippen LogP contribution in [0.3, 0.4) is 0 Å². The summed E-state index contributed by atoms with van der Waals surface area (Å²) in [6, 6.07) is 2.05. The van der Waals surface area contributed by atoms with E-state index < -0.39 is 11.9 Å². The lowest BCUT2D eigenvalue weighted by molar-refractivity contribution is -0.146. The molecule has 26 heavy (non-hydrogen) atoms. The van der Waals surface area contributed by atoms with E-state index in [1.165, 1.54) is 12.3 Å². The molecule has 0 radical (unpaired) electrons. The number of nitrogens with zero attached hydrogens (tertiary/aromatic N) is 2. The van der Waals surface area contributed by atoms with Gasteiger partial charge in [0, 0.05) is 6.20 Å². The van der Waals surface area contributed by atoms with Crippen molar-refractivity contribution in [3.8, 4) is 5.75 Å². The number of aromatic hydroxyl groups is 1. The predicted molar refractivity (Wildman–Crippen MR) is 92.8 cm³/mol. The average Bonchev–Trinajstić information content (AvgIpc) is 2.93. The number of carbonyl (C=O) groups is 3. The lowest BCUT2D eigenvalue weighted by atomic mass is 9.63. The molecule has 1 saturated heterocycles. The van der Waals surface area contributed by atoms with Crippen molar-refractivity contribution in [2.45, 2.75) is 32.2 Å². The molecule has 7 nitrogen and oxygen atoms in total. The van der Waals surface area contributed by atoms with Gasteiger partial charge in [-0.15, -0.1) is 0 Å². The summed E-state index contributed by atoms with van der Waals surface area (Å²) in [4.78, 5) is 43.8. The molecule has 0 unspecified atom stereocenters. The number of nitrogens with one attached hydrogen (secondary N) is 1. The van der Waals surface area contributed by atoms with Crippen LogP contribution in [0.1, 0.15) is 26.2 Å². The molecule has 3 aliphatic carbocycles. The number of amides is 3. The fraction of sp³-hybridized carbons (Fsp3) is 0.474. The van der Waals surface area contributed by atoms with Crippen molar-refractivity contribution in [2.24, 2.45) is 23.7 Å². The van der Waals surface area contributed by atoms with E-state index in [9.17, 15) is 19.5 Å². The number of fused-ring (bicyclic) bond motifs is 1. The van der Waals surface area contributed by atoms with Crippen LogP contribution in [0.5, 0.6) is 5.75 Å². The number of anilines is 1. The summed E-state index contributed by atoms with van der Waals surface area (Å²) in [6.07, 6.45) is 7.69. The second kappa shape index (κ2) is 6.23. The van der Waals surface area contributed by atoms with Gasteiger partial charge < -0.3 is 10.4 Å². The molecule has 2 bridgehead atoms. The monoisotopic (exact) mass is 355 g/mol. The van der Waals surface area contributed by atoms with Crippen molar-refractivity contribution in [1.82, 2.24) is 9.88 Å². The number of carbonyl (C=O) groups excluding carboxylic acids is 3. The molecule has 1 aromatic rings. The predicted octanol–water partition coefficient (Wildman–Crippen LogP) is 1.70. The third-order valence-corrected chi connectivity index (χ3v) is 5.82. The van der Waals surface area contributed by atoms with Gasteiger partial charge in [0.1, 0.15) is 6.04 Å². The fourth-order valence-corrected chi connectivity index (χ4v) is 4.58. The minimum Gasteiger partial charge on any atom is -0.504 e. The highest BCUT2D eigenvalue weighted by Gasteiger charge is 2.58. The first kappa shape index (κ1) is 16.8. The van der Waals surface area contributed by atoms with E-state index in [-0.39, 0.29) is 47.1 Å². The van der Waals surface area contributed by atoms with Crippen LogP contribution in [0, 0.1) is 23.7 Å². The van der Waals surface area contributed by atoms with Crippen molar-refractivity contribution in [3.05, 3.63) is 30.5 Å². The molecule has 7 heteroatoms. The first-order valence-electron chi connectivity index (χ1n) is 9.03. The number of aromatic nitrogens is 1. The van der Waals surface area contributed by atoms with Crippen molar-refractivity contribution in [3.63, 3.8) is 0 Å². The number of likely N-dealkylation sites (tertiary alicyclic amines) is 1. The van der Waals surface area contributed by atoms with E-state index in [0.717, 1.165) is 17.7 Å². The van der Waals surface area contributed by atoms with Crippen LogP contribution in [0.25, 0.3) is 0 Å². The van der Waals surface area contributed by atoms with Crippen molar-refractivity contribution < 1.29 is 19.5 Å². The molecular formula is C19H21N3O4. The molecule has 136 valence electrons. The fourth-order valence-electron chi connectivity index (χ4n) is 4.58. The molecule has 0 spiro atoms. The zero-order valence-corrected chi connectivity index (χ0v) is 14.5. The number of hydrogen-bond acceptors (Lipinski definition) is 5. The minimum atomic E-state index is -0.901. The van der Waals surface area contributed by atoms with Gasteiger partial charge in [0.25, 0.3) is 0 Å². The summed E-state index contributed by atoms with van der Waals surface area (Å²) in [5.74, 6) is -1.63. The van der Waals surface area contributed by atoms with E-state index in [2.05, 4.69) is 22.5 Å². The Morgan fingerprint density at radius 1 is 1.27 bits per heavy atom. The van der Waals surface area contributed by atoms with Crippen LogP contribution in [0.4, 0.5) is 5.82 Å². The van der Waals surface area contributed by atoms with E-state index in [1.54, 1.807) is 13.0 Å². The molecule has 1 aromatic heterocycles. The average molecular weight is 355 g/mol. The van der Waals surface area contributed by atoms with E-state index >= 15 is 0 Å². The number of allylic oxidation sites excluding steroid dienone is 2. The van der Waals surface area contributed by atoms with Gasteiger partial charge in [-0.2, -0.15) is 0 Å². The molecule has 5 atom stereocenters. The van der Waals surface area contributed by atoms with Crippen LogP contribution in [0.15, 0.2) is 30.5 Å². The van der Waals surface area contributed by atoms with Gasteiger partial charge in [-0.3, -0.25) is 19.3 Å². The Labute approximate surface area is 151 Å².